The average molecular weight is 307 g/mol. The van der Waals surface area contributed by atoms with Crippen LogP contribution < -0.4 is 10.6 Å². The molecule has 1 saturated carbocycles. The molecule has 1 aliphatic carbocycles. The standard InChI is InChI=1S/C15H29N7/c1-5-16-15(18-10-14-19-11-20-21(14)4)17-8-9-22(12(2)3)13-6-7-13/h11-13H,5-10H2,1-4H3,(H2,16,17,18). The lowest BCUT2D eigenvalue weighted by Crippen LogP contribution is -2.43. The fourth-order valence-corrected chi connectivity index (χ4v) is 2.53. The summed E-state index contributed by atoms with van der Waals surface area (Å²) in [6, 6.07) is 1.40. The number of guanidine groups is 1. The molecule has 0 radical (unpaired) electrons. The monoisotopic (exact) mass is 307 g/mol. The Labute approximate surface area is 133 Å². The number of hydrogen-bond acceptors (Lipinski definition) is 4. The Morgan fingerprint density at radius 3 is 2.77 bits per heavy atom. The van der Waals surface area contributed by atoms with E-state index < -0.39 is 0 Å². The summed E-state index contributed by atoms with van der Waals surface area (Å²) in [6.45, 7) is 9.95. The van der Waals surface area contributed by atoms with Gasteiger partial charge in [0.25, 0.3) is 0 Å². The van der Waals surface area contributed by atoms with E-state index in [1.807, 2.05) is 7.05 Å². The molecule has 1 heterocycles. The summed E-state index contributed by atoms with van der Waals surface area (Å²) in [6.07, 6.45) is 4.25. The highest BCUT2D eigenvalue weighted by molar-refractivity contribution is 5.79. The molecule has 0 atom stereocenters. The molecule has 22 heavy (non-hydrogen) atoms. The normalized spacial score (nSPS) is 15.6. The molecule has 1 aromatic rings. The van der Waals surface area contributed by atoms with Gasteiger partial charge in [-0.25, -0.2) is 9.98 Å². The first-order valence-corrected chi connectivity index (χ1v) is 8.22. The van der Waals surface area contributed by atoms with E-state index in [-0.39, 0.29) is 0 Å². The Balaban J connectivity index is 1.81. The van der Waals surface area contributed by atoms with Crippen LogP contribution in [0.25, 0.3) is 0 Å². The summed E-state index contributed by atoms with van der Waals surface area (Å²) >= 11 is 0. The summed E-state index contributed by atoms with van der Waals surface area (Å²) in [5, 5.41) is 10.7. The number of nitrogens with one attached hydrogen (secondary N) is 2. The van der Waals surface area contributed by atoms with Crippen molar-refractivity contribution in [2.75, 3.05) is 19.6 Å². The minimum atomic E-state index is 0.530. The van der Waals surface area contributed by atoms with E-state index in [0.29, 0.717) is 12.6 Å². The SMILES string of the molecule is CCNC(=NCc1ncnn1C)NCCN(C(C)C)C1CC1. The quantitative estimate of drug-likeness (QED) is 0.548. The third-order valence-corrected chi connectivity index (χ3v) is 3.87. The molecule has 0 saturated heterocycles. The largest absolute Gasteiger partial charge is 0.357 e. The second-order valence-corrected chi connectivity index (χ2v) is 5.98. The van der Waals surface area contributed by atoms with Crippen LogP contribution in [0.1, 0.15) is 39.4 Å². The van der Waals surface area contributed by atoms with Gasteiger partial charge in [0.15, 0.2) is 5.96 Å². The van der Waals surface area contributed by atoms with Crippen molar-refractivity contribution in [3.8, 4) is 0 Å². The van der Waals surface area contributed by atoms with Gasteiger partial charge >= 0.3 is 0 Å². The zero-order valence-electron chi connectivity index (χ0n) is 14.2. The van der Waals surface area contributed by atoms with Crippen LogP contribution in [-0.2, 0) is 13.6 Å². The van der Waals surface area contributed by atoms with Crippen LogP contribution in [0.2, 0.25) is 0 Å². The predicted octanol–water partition coefficient (Wildman–Crippen LogP) is 0.743. The van der Waals surface area contributed by atoms with Crippen molar-refractivity contribution in [3.63, 3.8) is 0 Å². The fourth-order valence-electron chi connectivity index (χ4n) is 2.53. The first-order valence-electron chi connectivity index (χ1n) is 8.22. The maximum Gasteiger partial charge on any atom is 0.191 e. The van der Waals surface area contributed by atoms with Gasteiger partial charge in [-0.1, -0.05) is 0 Å². The molecule has 0 bridgehead atoms. The van der Waals surface area contributed by atoms with E-state index in [2.05, 4.69) is 51.4 Å². The second-order valence-electron chi connectivity index (χ2n) is 5.98. The molecule has 7 heteroatoms. The Kier molecular flexibility index (Phi) is 6.18. The van der Waals surface area contributed by atoms with Crippen molar-refractivity contribution in [2.45, 2.75) is 52.2 Å². The van der Waals surface area contributed by atoms with Gasteiger partial charge in [-0.05, 0) is 33.6 Å². The van der Waals surface area contributed by atoms with Gasteiger partial charge in [0.1, 0.15) is 18.7 Å². The first kappa shape index (κ1) is 16.7. The minimum absolute atomic E-state index is 0.530. The molecule has 1 aliphatic rings. The molecule has 2 rings (SSSR count). The fraction of sp³-hybridized carbons (Fsp3) is 0.800. The molecule has 7 nitrogen and oxygen atoms in total. The van der Waals surface area contributed by atoms with Gasteiger partial charge in [0, 0.05) is 38.8 Å². The van der Waals surface area contributed by atoms with Gasteiger partial charge in [-0.3, -0.25) is 9.58 Å². The Hall–Kier alpha value is -1.63. The smallest absolute Gasteiger partial charge is 0.191 e. The van der Waals surface area contributed by atoms with Gasteiger partial charge in [0.05, 0.1) is 0 Å². The summed E-state index contributed by atoms with van der Waals surface area (Å²) in [4.78, 5) is 11.3. The lowest BCUT2D eigenvalue weighted by molar-refractivity contribution is 0.215. The van der Waals surface area contributed by atoms with Crippen molar-refractivity contribution in [1.82, 2.24) is 30.3 Å². The van der Waals surface area contributed by atoms with Crippen molar-refractivity contribution >= 4 is 5.96 Å². The number of rotatable bonds is 8. The lowest BCUT2D eigenvalue weighted by atomic mass is 10.3. The number of nitrogens with zero attached hydrogens (tertiary/aromatic N) is 5. The lowest BCUT2D eigenvalue weighted by Gasteiger charge is -2.26. The Morgan fingerprint density at radius 2 is 2.23 bits per heavy atom. The van der Waals surface area contributed by atoms with Crippen LogP contribution in [-0.4, -0.2) is 57.3 Å². The third-order valence-electron chi connectivity index (χ3n) is 3.87. The van der Waals surface area contributed by atoms with Crippen LogP contribution >= 0.6 is 0 Å². The predicted molar refractivity (Wildman–Crippen MR) is 88.7 cm³/mol. The van der Waals surface area contributed by atoms with E-state index in [4.69, 9.17) is 0 Å². The van der Waals surface area contributed by atoms with Crippen LogP contribution in [0.4, 0.5) is 0 Å². The molecule has 0 unspecified atom stereocenters. The third kappa shape index (κ3) is 4.98. The van der Waals surface area contributed by atoms with E-state index in [1.54, 1.807) is 11.0 Å². The minimum Gasteiger partial charge on any atom is -0.357 e. The van der Waals surface area contributed by atoms with Gasteiger partial charge in [-0.15, -0.1) is 0 Å². The second kappa shape index (κ2) is 8.12. The van der Waals surface area contributed by atoms with E-state index in [1.165, 1.54) is 12.8 Å². The number of aliphatic imine (C=N–C) groups is 1. The topological polar surface area (TPSA) is 70.4 Å². The number of hydrogen-bond donors (Lipinski definition) is 2. The first-order chi connectivity index (χ1) is 10.6. The average Bonchev–Trinajstić information content (AvgIpc) is 3.23. The van der Waals surface area contributed by atoms with Gasteiger partial charge in [-0.2, -0.15) is 5.10 Å². The van der Waals surface area contributed by atoms with Crippen LogP contribution in [0.5, 0.6) is 0 Å². The van der Waals surface area contributed by atoms with Crippen molar-refractivity contribution in [2.24, 2.45) is 12.0 Å². The molecule has 0 aromatic carbocycles. The Bertz CT molecular complexity index is 474. The van der Waals surface area contributed by atoms with E-state index >= 15 is 0 Å². The zero-order valence-corrected chi connectivity index (χ0v) is 14.2. The number of aromatic nitrogens is 3. The summed E-state index contributed by atoms with van der Waals surface area (Å²) in [5.74, 6) is 1.70. The Morgan fingerprint density at radius 1 is 1.45 bits per heavy atom. The summed E-state index contributed by atoms with van der Waals surface area (Å²) in [5.41, 5.74) is 0. The highest BCUT2D eigenvalue weighted by Gasteiger charge is 2.30. The molecular formula is C15H29N7. The molecule has 1 fully saturated rings. The molecule has 2 N–H and O–H groups in total. The van der Waals surface area contributed by atoms with Crippen LogP contribution in [0.15, 0.2) is 11.3 Å². The summed E-state index contributed by atoms with van der Waals surface area (Å²) in [7, 11) is 1.88. The molecule has 0 amide bonds. The van der Waals surface area contributed by atoms with E-state index in [9.17, 15) is 0 Å². The summed E-state index contributed by atoms with van der Waals surface area (Å²) < 4.78 is 1.75. The molecule has 124 valence electrons. The highest BCUT2D eigenvalue weighted by Crippen LogP contribution is 2.27. The molecule has 1 aromatic heterocycles. The highest BCUT2D eigenvalue weighted by atomic mass is 15.3. The van der Waals surface area contributed by atoms with Gasteiger partial charge in [0.2, 0.25) is 0 Å². The molecular weight excluding hydrogens is 278 g/mol. The maximum atomic E-state index is 4.57. The molecule has 0 aliphatic heterocycles. The molecule has 0 spiro atoms. The van der Waals surface area contributed by atoms with Crippen LogP contribution in [0, 0.1) is 0 Å². The maximum absolute atomic E-state index is 4.57. The van der Waals surface area contributed by atoms with E-state index in [0.717, 1.165) is 37.5 Å². The number of aryl methyl sites for hydroxylation is 1. The van der Waals surface area contributed by atoms with Gasteiger partial charge < -0.3 is 10.6 Å². The van der Waals surface area contributed by atoms with Crippen LogP contribution in [0.3, 0.4) is 0 Å². The zero-order chi connectivity index (χ0) is 15.9. The van der Waals surface area contributed by atoms with Crippen molar-refractivity contribution < 1.29 is 0 Å². The van der Waals surface area contributed by atoms with Crippen molar-refractivity contribution in [3.05, 3.63) is 12.2 Å². The van der Waals surface area contributed by atoms with Crippen molar-refractivity contribution in [1.29, 1.82) is 0 Å².